The van der Waals surface area contributed by atoms with Gasteiger partial charge >= 0.3 is 0 Å². The minimum atomic E-state index is -0.149. The summed E-state index contributed by atoms with van der Waals surface area (Å²) < 4.78 is 6.91. The van der Waals surface area contributed by atoms with Crippen LogP contribution in [0.2, 0.25) is 0 Å². The Labute approximate surface area is 172 Å². The second-order valence-electron chi connectivity index (χ2n) is 7.60. The number of aromatic nitrogens is 2. The van der Waals surface area contributed by atoms with E-state index in [-0.39, 0.29) is 11.5 Å². The first kappa shape index (κ1) is 21.1. The number of carbonyl (C=O) groups excluding carboxylic acids is 1. The van der Waals surface area contributed by atoms with Crippen molar-refractivity contribution < 1.29 is 9.53 Å². The molecule has 0 unspecified atom stereocenters. The van der Waals surface area contributed by atoms with Gasteiger partial charge < -0.3 is 10.1 Å². The van der Waals surface area contributed by atoms with E-state index in [1.165, 1.54) is 36.4 Å². The number of nitrogens with zero attached hydrogens (tertiary/aromatic N) is 2. The molecular formula is C23H31N3O3. The van der Waals surface area contributed by atoms with E-state index in [1.807, 2.05) is 31.2 Å². The van der Waals surface area contributed by atoms with E-state index in [2.05, 4.69) is 10.4 Å². The minimum absolute atomic E-state index is 0.0765. The Morgan fingerprint density at radius 3 is 2.52 bits per heavy atom. The van der Waals surface area contributed by atoms with Gasteiger partial charge in [-0.2, -0.15) is 5.10 Å². The molecule has 0 atom stereocenters. The Hall–Kier alpha value is -2.63. The highest BCUT2D eigenvalue weighted by atomic mass is 16.5. The van der Waals surface area contributed by atoms with Gasteiger partial charge in [0.05, 0.1) is 12.3 Å². The van der Waals surface area contributed by atoms with Gasteiger partial charge in [0.15, 0.2) is 0 Å². The molecule has 0 aliphatic heterocycles. The van der Waals surface area contributed by atoms with E-state index >= 15 is 0 Å². The number of carbonyl (C=O) groups is 1. The van der Waals surface area contributed by atoms with Crippen LogP contribution in [0.3, 0.4) is 0 Å². The van der Waals surface area contributed by atoms with Crippen LogP contribution in [0.4, 0.5) is 0 Å². The molecule has 1 amide bonds. The summed E-state index contributed by atoms with van der Waals surface area (Å²) in [5, 5.41) is 7.63. The third kappa shape index (κ3) is 6.44. The number of hydrogen-bond donors (Lipinski definition) is 1. The summed E-state index contributed by atoms with van der Waals surface area (Å²) in [4.78, 5) is 24.4. The van der Waals surface area contributed by atoms with Gasteiger partial charge in [-0.05, 0) is 56.5 Å². The first-order chi connectivity index (χ1) is 14.2. The van der Waals surface area contributed by atoms with E-state index in [1.54, 1.807) is 6.07 Å². The highest BCUT2D eigenvalue weighted by Gasteiger charge is 2.14. The van der Waals surface area contributed by atoms with Crippen molar-refractivity contribution in [2.75, 3.05) is 6.61 Å². The van der Waals surface area contributed by atoms with Crippen molar-refractivity contribution >= 4 is 5.91 Å². The molecule has 3 rings (SSSR count). The second kappa shape index (κ2) is 10.8. The fourth-order valence-electron chi connectivity index (χ4n) is 3.76. The molecule has 0 radical (unpaired) electrons. The van der Waals surface area contributed by atoms with Crippen LogP contribution in [-0.4, -0.2) is 28.3 Å². The van der Waals surface area contributed by atoms with Crippen LogP contribution in [0.1, 0.15) is 58.3 Å². The Kier molecular flexibility index (Phi) is 7.85. The lowest BCUT2D eigenvalue weighted by molar-refractivity contribution is -0.122. The molecule has 1 aromatic carbocycles. The Morgan fingerprint density at radius 2 is 1.83 bits per heavy atom. The first-order valence-corrected chi connectivity index (χ1v) is 10.8. The summed E-state index contributed by atoms with van der Waals surface area (Å²) in [5.41, 5.74) is 1.51. The minimum Gasteiger partial charge on any atom is -0.494 e. The topological polar surface area (TPSA) is 73.2 Å². The summed E-state index contributed by atoms with van der Waals surface area (Å²) >= 11 is 0. The summed E-state index contributed by atoms with van der Waals surface area (Å²) in [6, 6.07) is 11.2. The molecule has 1 aromatic heterocycles. The van der Waals surface area contributed by atoms with E-state index < -0.39 is 0 Å². The van der Waals surface area contributed by atoms with Crippen molar-refractivity contribution in [1.82, 2.24) is 15.1 Å². The van der Waals surface area contributed by atoms with E-state index in [0.29, 0.717) is 32.0 Å². The molecule has 1 aliphatic carbocycles. The lowest BCUT2D eigenvalue weighted by atomic mass is 10.1. The highest BCUT2D eigenvalue weighted by Crippen LogP contribution is 2.20. The molecule has 29 heavy (non-hydrogen) atoms. The molecule has 1 aliphatic rings. The molecule has 1 saturated carbocycles. The maximum Gasteiger partial charge on any atom is 0.266 e. The van der Waals surface area contributed by atoms with Crippen molar-refractivity contribution in [2.24, 2.45) is 0 Å². The van der Waals surface area contributed by atoms with Crippen molar-refractivity contribution in [3.63, 3.8) is 0 Å². The normalized spacial score (nSPS) is 14.9. The molecule has 0 saturated heterocycles. The van der Waals surface area contributed by atoms with Crippen molar-refractivity contribution in [1.29, 1.82) is 0 Å². The number of nitrogens with one attached hydrogen (secondary N) is 1. The van der Waals surface area contributed by atoms with Gasteiger partial charge in [0, 0.05) is 30.6 Å². The summed E-state index contributed by atoms with van der Waals surface area (Å²) in [6.07, 6.45) is 8.10. The molecule has 1 fully saturated rings. The van der Waals surface area contributed by atoms with Crippen LogP contribution in [0.15, 0.2) is 41.2 Å². The van der Waals surface area contributed by atoms with Crippen LogP contribution in [-0.2, 0) is 11.3 Å². The fourth-order valence-corrected chi connectivity index (χ4v) is 3.76. The Morgan fingerprint density at radius 1 is 1.10 bits per heavy atom. The third-order valence-electron chi connectivity index (χ3n) is 5.32. The van der Waals surface area contributed by atoms with Crippen LogP contribution < -0.4 is 15.6 Å². The number of rotatable bonds is 8. The predicted octanol–water partition coefficient (Wildman–Crippen LogP) is 3.93. The third-order valence-corrected chi connectivity index (χ3v) is 5.32. The molecule has 0 bridgehead atoms. The molecule has 0 spiro atoms. The largest absolute Gasteiger partial charge is 0.494 e. The lowest BCUT2D eigenvalue weighted by Gasteiger charge is -2.16. The first-order valence-electron chi connectivity index (χ1n) is 10.8. The molecule has 6 nitrogen and oxygen atoms in total. The van der Waals surface area contributed by atoms with Gasteiger partial charge in [0.1, 0.15) is 5.75 Å². The van der Waals surface area contributed by atoms with Gasteiger partial charge in [-0.1, -0.05) is 25.7 Å². The molecule has 1 heterocycles. The zero-order valence-electron chi connectivity index (χ0n) is 17.2. The predicted molar refractivity (Wildman–Crippen MR) is 114 cm³/mol. The van der Waals surface area contributed by atoms with Crippen molar-refractivity contribution in [3.05, 3.63) is 46.8 Å². The monoisotopic (exact) mass is 397 g/mol. The fraction of sp³-hybridized carbons (Fsp3) is 0.522. The standard InChI is InChI=1S/C23H31N3O3/c1-2-29-20-13-11-18(12-14-20)21-15-16-23(28)26(25-21)17-7-10-22(27)24-19-8-5-3-4-6-9-19/h11-16,19H,2-10,17H2,1H3,(H,24,27). The van der Waals surface area contributed by atoms with Crippen molar-refractivity contribution in [3.8, 4) is 17.0 Å². The van der Waals surface area contributed by atoms with Crippen molar-refractivity contribution in [2.45, 2.75) is 70.9 Å². The molecular weight excluding hydrogens is 366 g/mol. The SMILES string of the molecule is CCOc1ccc(-c2ccc(=O)n(CCCC(=O)NC3CCCCCC3)n2)cc1. The summed E-state index contributed by atoms with van der Waals surface area (Å²) in [5.74, 6) is 0.886. The highest BCUT2D eigenvalue weighted by molar-refractivity contribution is 5.76. The molecule has 156 valence electrons. The van der Waals surface area contributed by atoms with E-state index in [9.17, 15) is 9.59 Å². The average Bonchev–Trinajstić information content (AvgIpc) is 2.99. The number of aryl methyl sites for hydroxylation is 1. The molecule has 2 aromatic rings. The zero-order valence-corrected chi connectivity index (χ0v) is 17.2. The average molecular weight is 398 g/mol. The maximum atomic E-state index is 12.2. The quantitative estimate of drug-likeness (QED) is 0.685. The number of benzene rings is 1. The Balaban J connectivity index is 1.54. The van der Waals surface area contributed by atoms with Gasteiger partial charge in [-0.3, -0.25) is 9.59 Å². The second-order valence-corrected chi connectivity index (χ2v) is 7.60. The van der Waals surface area contributed by atoms with Gasteiger partial charge in [-0.15, -0.1) is 0 Å². The summed E-state index contributed by atoms with van der Waals surface area (Å²) in [7, 11) is 0. The van der Waals surface area contributed by atoms with Gasteiger partial charge in [-0.25, -0.2) is 4.68 Å². The summed E-state index contributed by atoms with van der Waals surface area (Å²) in [6.45, 7) is 3.00. The van der Waals surface area contributed by atoms with Gasteiger partial charge in [0.2, 0.25) is 5.91 Å². The van der Waals surface area contributed by atoms with Crippen LogP contribution in [0.25, 0.3) is 11.3 Å². The number of hydrogen-bond acceptors (Lipinski definition) is 4. The lowest BCUT2D eigenvalue weighted by Crippen LogP contribution is -2.34. The molecule has 6 heteroatoms. The maximum absolute atomic E-state index is 12.2. The zero-order chi connectivity index (χ0) is 20.5. The van der Waals surface area contributed by atoms with Gasteiger partial charge in [0.25, 0.3) is 5.56 Å². The van der Waals surface area contributed by atoms with Crippen LogP contribution in [0.5, 0.6) is 5.75 Å². The van der Waals surface area contributed by atoms with Crippen LogP contribution in [0, 0.1) is 0 Å². The molecule has 1 N–H and O–H groups in total. The van der Waals surface area contributed by atoms with Crippen LogP contribution >= 0.6 is 0 Å². The number of amides is 1. The smallest absolute Gasteiger partial charge is 0.266 e. The van der Waals surface area contributed by atoms with E-state index in [4.69, 9.17) is 4.74 Å². The Bertz CT molecular complexity index is 837. The number of ether oxygens (including phenoxy) is 1. The van der Waals surface area contributed by atoms with E-state index in [0.717, 1.165) is 29.8 Å².